The highest BCUT2D eigenvalue weighted by Crippen LogP contribution is 2.32. The summed E-state index contributed by atoms with van der Waals surface area (Å²) in [7, 11) is 1.88. The smallest absolute Gasteiger partial charge is 0.243 e. The minimum absolute atomic E-state index is 0.133. The maximum atomic E-state index is 13.2. The maximum absolute atomic E-state index is 13.2. The fraction of sp³-hybridized carbons (Fsp3) is 0.417. The lowest BCUT2D eigenvalue weighted by Crippen LogP contribution is -2.48. The molecule has 1 aromatic rings. The molecule has 0 fully saturated rings. The third-order valence-electron chi connectivity index (χ3n) is 2.95. The van der Waals surface area contributed by atoms with Crippen LogP contribution in [0.1, 0.15) is 6.92 Å². The Morgan fingerprint density at radius 3 is 2.76 bits per heavy atom. The monoisotopic (exact) mass is 237 g/mol. The van der Waals surface area contributed by atoms with Crippen LogP contribution in [0.5, 0.6) is 0 Å². The second kappa shape index (κ2) is 4.33. The lowest BCUT2D eigenvalue weighted by atomic mass is 10.1. The van der Waals surface area contributed by atoms with Gasteiger partial charge in [0.1, 0.15) is 5.82 Å². The van der Waals surface area contributed by atoms with E-state index in [0.717, 1.165) is 11.4 Å². The molecule has 2 rings (SSSR count). The molecule has 1 aliphatic heterocycles. The molecule has 92 valence electrons. The Bertz CT molecular complexity index is 447. The number of nitrogens with zero attached hydrogens (tertiary/aromatic N) is 2. The first-order valence-electron chi connectivity index (χ1n) is 5.58. The third kappa shape index (κ3) is 2.10. The topological polar surface area (TPSA) is 49.6 Å². The highest BCUT2D eigenvalue weighted by atomic mass is 19.1. The van der Waals surface area contributed by atoms with Gasteiger partial charge < -0.3 is 15.5 Å². The molecule has 0 radical (unpaired) electrons. The molecule has 1 heterocycles. The van der Waals surface area contributed by atoms with E-state index in [1.807, 2.05) is 11.9 Å². The zero-order valence-electron chi connectivity index (χ0n) is 9.98. The van der Waals surface area contributed by atoms with Gasteiger partial charge in [0.15, 0.2) is 0 Å². The van der Waals surface area contributed by atoms with E-state index in [2.05, 4.69) is 0 Å². The first-order valence-corrected chi connectivity index (χ1v) is 5.58. The molecule has 0 aromatic heterocycles. The van der Waals surface area contributed by atoms with Gasteiger partial charge in [0.25, 0.3) is 0 Å². The van der Waals surface area contributed by atoms with Crippen molar-refractivity contribution >= 4 is 17.3 Å². The molecule has 1 aromatic carbocycles. The van der Waals surface area contributed by atoms with Gasteiger partial charge in [-0.1, -0.05) is 0 Å². The summed E-state index contributed by atoms with van der Waals surface area (Å²) in [5.74, 6) is -0.434. The van der Waals surface area contributed by atoms with Gasteiger partial charge in [0.2, 0.25) is 5.91 Å². The number of benzene rings is 1. The third-order valence-corrected chi connectivity index (χ3v) is 2.95. The number of hydrogen-bond acceptors (Lipinski definition) is 3. The highest BCUT2D eigenvalue weighted by molar-refractivity contribution is 6.00. The zero-order chi connectivity index (χ0) is 12.6. The van der Waals surface area contributed by atoms with Gasteiger partial charge in [-0.15, -0.1) is 0 Å². The van der Waals surface area contributed by atoms with E-state index in [-0.39, 0.29) is 11.7 Å². The molecule has 1 unspecified atom stereocenters. The van der Waals surface area contributed by atoms with Crippen LogP contribution >= 0.6 is 0 Å². The van der Waals surface area contributed by atoms with Crippen LogP contribution in [-0.2, 0) is 4.79 Å². The van der Waals surface area contributed by atoms with Crippen LogP contribution in [0, 0.1) is 5.82 Å². The molecule has 2 N–H and O–H groups in total. The molecule has 1 atom stereocenters. The van der Waals surface area contributed by atoms with Gasteiger partial charge in [-0.3, -0.25) is 4.79 Å². The SMILES string of the molecule is CC(N)C(=O)N1CCN(C)c2cc(F)ccc21. The predicted octanol–water partition coefficient (Wildman–Crippen LogP) is 0.956. The van der Waals surface area contributed by atoms with Gasteiger partial charge in [-0.05, 0) is 25.1 Å². The van der Waals surface area contributed by atoms with Crippen LogP contribution < -0.4 is 15.5 Å². The first-order chi connectivity index (χ1) is 8.00. The summed E-state index contributed by atoms with van der Waals surface area (Å²) in [6.45, 7) is 2.91. The quantitative estimate of drug-likeness (QED) is 0.791. The summed E-state index contributed by atoms with van der Waals surface area (Å²) >= 11 is 0. The Hall–Kier alpha value is -1.62. The van der Waals surface area contributed by atoms with E-state index < -0.39 is 6.04 Å². The lowest BCUT2D eigenvalue weighted by molar-refractivity contribution is -0.119. The second-order valence-electron chi connectivity index (χ2n) is 4.33. The van der Waals surface area contributed by atoms with E-state index in [9.17, 15) is 9.18 Å². The number of nitrogens with two attached hydrogens (primary N) is 1. The van der Waals surface area contributed by atoms with Crippen LogP contribution in [-0.4, -0.2) is 32.1 Å². The number of anilines is 2. The molecule has 0 aliphatic carbocycles. The Morgan fingerprint density at radius 2 is 2.12 bits per heavy atom. The molecule has 0 saturated carbocycles. The number of carbonyl (C=O) groups is 1. The summed E-state index contributed by atoms with van der Waals surface area (Å²) in [5, 5.41) is 0. The molecular weight excluding hydrogens is 221 g/mol. The lowest BCUT2D eigenvalue weighted by Gasteiger charge is -2.36. The highest BCUT2D eigenvalue weighted by Gasteiger charge is 2.26. The van der Waals surface area contributed by atoms with Crippen molar-refractivity contribution in [2.24, 2.45) is 5.73 Å². The number of carbonyl (C=O) groups excluding carboxylic acids is 1. The van der Waals surface area contributed by atoms with Crippen molar-refractivity contribution < 1.29 is 9.18 Å². The molecule has 1 amide bonds. The number of hydrogen-bond donors (Lipinski definition) is 1. The molecule has 0 bridgehead atoms. The van der Waals surface area contributed by atoms with Crippen LogP contribution in [0.2, 0.25) is 0 Å². The van der Waals surface area contributed by atoms with Crippen LogP contribution in [0.25, 0.3) is 0 Å². The van der Waals surface area contributed by atoms with Crippen molar-refractivity contribution in [3.05, 3.63) is 24.0 Å². The Balaban J connectivity index is 2.42. The normalized spacial score (nSPS) is 16.7. The predicted molar refractivity (Wildman–Crippen MR) is 65.7 cm³/mol. The molecule has 4 nitrogen and oxygen atoms in total. The minimum Gasteiger partial charge on any atom is -0.371 e. The van der Waals surface area contributed by atoms with E-state index in [0.29, 0.717) is 13.1 Å². The number of likely N-dealkylation sites (N-methyl/N-ethyl adjacent to an activating group) is 1. The number of fused-ring (bicyclic) bond motifs is 1. The number of halogens is 1. The first kappa shape index (κ1) is 11.9. The Kier molecular flexibility index (Phi) is 3.02. The van der Waals surface area contributed by atoms with Gasteiger partial charge in [0, 0.05) is 20.1 Å². The fourth-order valence-electron chi connectivity index (χ4n) is 2.00. The summed E-state index contributed by atoms with van der Waals surface area (Å²) in [5.41, 5.74) is 7.06. The minimum atomic E-state index is -0.545. The van der Waals surface area contributed by atoms with Crippen LogP contribution in [0.15, 0.2) is 18.2 Å². The van der Waals surface area contributed by atoms with Gasteiger partial charge >= 0.3 is 0 Å². The largest absolute Gasteiger partial charge is 0.371 e. The van der Waals surface area contributed by atoms with Crippen molar-refractivity contribution in [2.45, 2.75) is 13.0 Å². The molecule has 0 saturated heterocycles. The summed E-state index contributed by atoms with van der Waals surface area (Å²) in [6.07, 6.45) is 0. The van der Waals surface area contributed by atoms with Gasteiger partial charge in [-0.2, -0.15) is 0 Å². The molecular formula is C12H16FN3O. The van der Waals surface area contributed by atoms with Crippen molar-refractivity contribution in [3.63, 3.8) is 0 Å². The van der Waals surface area contributed by atoms with Crippen molar-refractivity contribution in [1.29, 1.82) is 0 Å². The maximum Gasteiger partial charge on any atom is 0.243 e. The summed E-state index contributed by atoms with van der Waals surface area (Å²) in [4.78, 5) is 15.5. The molecule has 17 heavy (non-hydrogen) atoms. The number of rotatable bonds is 1. The Morgan fingerprint density at radius 1 is 1.41 bits per heavy atom. The zero-order valence-corrected chi connectivity index (χ0v) is 9.98. The molecule has 0 spiro atoms. The van der Waals surface area contributed by atoms with Crippen molar-refractivity contribution in [1.82, 2.24) is 0 Å². The average Bonchev–Trinajstić information content (AvgIpc) is 2.29. The van der Waals surface area contributed by atoms with Gasteiger partial charge in [0.05, 0.1) is 17.4 Å². The van der Waals surface area contributed by atoms with E-state index in [4.69, 9.17) is 5.73 Å². The second-order valence-corrected chi connectivity index (χ2v) is 4.33. The molecule has 1 aliphatic rings. The van der Waals surface area contributed by atoms with E-state index in [1.54, 1.807) is 17.9 Å². The summed E-state index contributed by atoms with van der Waals surface area (Å²) in [6, 6.07) is 3.88. The summed E-state index contributed by atoms with van der Waals surface area (Å²) < 4.78 is 13.2. The Labute approximate surface area is 99.8 Å². The molecule has 5 heteroatoms. The van der Waals surface area contributed by atoms with Gasteiger partial charge in [-0.25, -0.2) is 4.39 Å². The van der Waals surface area contributed by atoms with Crippen LogP contribution in [0.3, 0.4) is 0 Å². The van der Waals surface area contributed by atoms with E-state index in [1.165, 1.54) is 12.1 Å². The fourth-order valence-corrected chi connectivity index (χ4v) is 2.00. The standard InChI is InChI=1S/C12H16FN3O/c1-8(14)12(17)16-6-5-15(2)11-7-9(13)3-4-10(11)16/h3-4,7-8H,5-6,14H2,1-2H3. The van der Waals surface area contributed by atoms with E-state index >= 15 is 0 Å². The van der Waals surface area contributed by atoms with Crippen LogP contribution in [0.4, 0.5) is 15.8 Å². The number of amides is 1. The van der Waals surface area contributed by atoms with Crippen molar-refractivity contribution in [2.75, 3.05) is 29.9 Å². The average molecular weight is 237 g/mol. The van der Waals surface area contributed by atoms with Crippen molar-refractivity contribution in [3.8, 4) is 0 Å².